The van der Waals surface area contributed by atoms with Gasteiger partial charge in [-0.25, -0.2) is 4.39 Å². The van der Waals surface area contributed by atoms with Crippen LogP contribution in [0.15, 0.2) is 72.9 Å². The van der Waals surface area contributed by atoms with Crippen molar-refractivity contribution in [3.63, 3.8) is 0 Å². The summed E-state index contributed by atoms with van der Waals surface area (Å²) in [7, 11) is 0. The van der Waals surface area contributed by atoms with Crippen LogP contribution in [0.2, 0.25) is 0 Å². The van der Waals surface area contributed by atoms with Crippen LogP contribution in [0.4, 0.5) is 4.39 Å². The zero-order valence-electron chi connectivity index (χ0n) is 10.3. The molecular formula is C17H12FN. The first kappa shape index (κ1) is 11.6. The second-order valence-corrected chi connectivity index (χ2v) is 4.28. The van der Waals surface area contributed by atoms with Gasteiger partial charge in [0.05, 0.1) is 5.69 Å². The summed E-state index contributed by atoms with van der Waals surface area (Å²) in [4.78, 5) is 4.23. The highest BCUT2D eigenvalue weighted by molar-refractivity contribution is 5.69. The van der Waals surface area contributed by atoms with E-state index in [4.69, 9.17) is 0 Å². The fraction of sp³-hybridized carbons (Fsp3) is 0. The van der Waals surface area contributed by atoms with Crippen LogP contribution in [0.25, 0.3) is 22.4 Å². The van der Waals surface area contributed by atoms with E-state index < -0.39 is 0 Å². The van der Waals surface area contributed by atoms with E-state index in [0.29, 0.717) is 5.56 Å². The topological polar surface area (TPSA) is 12.9 Å². The molecule has 92 valence electrons. The number of hydrogen-bond acceptors (Lipinski definition) is 1. The minimum atomic E-state index is -0.227. The van der Waals surface area contributed by atoms with Gasteiger partial charge in [-0.2, -0.15) is 0 Å². The predicted molar refractivity (Wildman–Crippen MR) is 75.1 cm³/mol. The molecule has 0 aliphatic rings. The zero-order valence-corrected chi connectivity index (χ0v) is 10.3. The van der Waals surface area contributed by atoms with E-state index in [-0.39, 0.29) is 5.82 Å². The molecule has 3 aromatic rings. The SMILES string of the molecule is Fc1cc(-c2ccccn2)ccc1-c1ccccc1. The van der Waals surface area contributed by atoms with Gasteiger partial charge in [-0.15, -0.1) is 0 Å². The van der Waals surface area contributed by atoms with Crippen molar-refractivity contribution in [1.29, 1.82) is 0 Å². The molecule has 0 radical (unpaired) electrons. The van der Waals surface area contributed by atoms with E-state index in [1.165, 1.54) is 6.07 Å². The molecule has 0 aliphatic carbocycles. The summed E-state index contributed by atoms with van der Waals surface area (Å²) in [5.74, 6) is -0.227. The van der Waals surface area contributed by atoms with Crippen LogP contribution in [0.3, 0.4) is 0 Å². The van der Waals surface area contributed by atoms with E-state index in [2.05, 4.69) is 4.98 Å². The molecule has 19 heavy (non-hydrogen) atoms. The van der Waals surface area contributed by atoms with Crippen LogP contribution >= 0.6 is 0 Å². The third-order valence-corrected chi connectivity index (χ3v) is 3.01. The Bertz CT molecular complexity index is 678. The quantitative estimate of drug-likeness (QED) is 0.649. The Balaban J connectivity index is 2.04. The Hall–Kier alpha value is -2.48. The Kier molecular flexibility index (Phi) is 3.07. The molecule has 0 saturated heterocycles. The van der Waals surface area contributed by atoms with Gasteiger partial charge in [-0.3, -0.25) is 4.98 Å². The molecule has 1 aromatic heterocycles. The van der Waals surface area contributed by atoms with Crippen LogP contribution in [-0.4, -0.2) is 4.98 Å². The average molecular weight is 249 g/mol. The smallest absolute Gasteiger partial charge is 0.131 e. The highest BCUT2D eigenvalue weighted by atomic mass is 19.1. The van der Waals surface area contributed by atoms with Crippen LogP contribution in [0, 0.1) is 5.82 Å². The number of aromatic nitrogens is 1. The molecule has 1 nitrogen and oxygen atoms in total. The first-order chi connectivity index (χ1) is 9.34. The van der Waals surface area contributed by atoms with Crippen molar-refractivity contribution in [2.24, 2.45) is 0 Å². The fourth-order valence-electron chi connectivity index (χ4n) is 2.06. The van der Waals surface area contributed by atoms with Crippen LogP contribution in [0.5, 0.6) is 0 Å². The number of halogens is 1. The molecule has 0 amide bonds. The molecule has 0 saturated carbocycles. The third kappa shape index (κ3) is 2.38. The van der Waals surface area contributed by atoms with Gasteiger partial charge >= 0.3 is 0 Å². The molecule has 1 heterocycles. The Morgan fingerprint density at radius 2 is 1.53 bits per heavy atom. The van der Waals surface area contributed by atoms with E-state index in [1.807, 2.05) is 54.6 Å². The van der Waals surface area contributed by atoms with Crippen molar-refractivity contribution < 1.29 is 4.39 Å². The summed E-state index contributed by atoms with van der Waals surface area (Å²) in [5.41, 5.74) is 3.06. The minimum absolute atomic E-state index is 0.227. The molecule has 0 fully saturated rings. The Morgan fingerprint density at radius 3 is 2.21 bits per heavy atom. The molecular weight excluding hydrogens is 237 g/mol. The molecule has 0 aliphatic heterocycles. The highest BCUT2D eigenvalue weighted by Gasteiger charge is 2.07. The largest absolute Gasteiger partial charge is 0.256 e. The van der Waals surface area contributed by atoms with Crippen molar-refractivity contribution >= 4 is 0 Å². The standard InChI is InChI=1S/C17H12FN/c18-16-12-14(17-8-4-5-11-19-17)9-10-15(16)13-6-2-1-3-7-13/h1-12H. The average Bonchev–Trinajstić information content (AvgIpc) is 2.49. The lowest BCUT2D eigenvalue weighted by atomic mass is 10.0. The number of benzene rings is 2. The fourth-order valence-corrected chi connectivity index (χ4v) is 2.06. The normalized spacial score (nSPS) is 10.4. The lowest BCUT2D eigenvalue weighted by Crippen LogP contribution is -1.87. The molecule has 2 aromatic carbocycles. The summed E-state index contributed by atoms with van der Waals surface area (Å²) in [6.45, 7) is 0. The first-order valence-electron chi connectivity index (χ1n) is 6.11. The van der Waals surface area contributed by atoms with Crippen molar-refractivity contribution in [1.82, 2.24) is 4.98 Å². The van der Waals surface area contributed by atoms with Gasteiger partial charge in [0, 0.05) is 17.3 Å². The summed E-state index contributed by atoms with van der Waals surface area (Å²) in [6, 6.07) is 20.4. The summed E-state index contributed by atoms with van der Waals surface area (Å²) in [6.07, 6.45) is 1.71. The summed E-state index contributed by atoms with van der Waals surface area (Å²) in [5, 5.41) is 0. The number of hydrogen-bond donors (Lipinski definition) is 0. The third-order valence-electron chi connectivity index (χ3n) is 3.01. The van der Waals surface area contributed by atoms with Crippen LogP contribution in [-0.2, 0) is 0 Å². The molecule has 0 unspecified atom stereocenters. The van der Waals surface area contributed by atoms with Gasteiger partial charge in [0.25, 0.3) is 0 Å². The van der Waals surface area contributed by atoms with Crippen LogP contribution in [0.1, 0.15) is 0 Å². The predicted octanol–water partition coefficient (Wildman–Crippen LogP) is 4.55. The summed E-state index contributed by atoms with van der Waals surface area (Å²) >= 11 is 0. The van der Waals surface area contributed by atoms with E-state index in [9.17, 15) is 4.39 Å². The van der Waals surface area contributed by atoms with Crippen molar-refractivity contribution in [2.75, 3.05) is 0 Å². The lowest BCUT2D eigenvalue weighted by molar-refractivity contribution is 0.632. The van der Waals surface area contributed by atoms with Gasteiger partial charge in [0.2, 0.25) is 0 Å². The molecule has 3 rings (SSSR count). The van der Waals surface area contributed by atoms with E-state index in [1.54, 1.807) is 12.3 Å². The van der Waals surface area contributed by atoms with Crippen molar-refractivity contribution in [2.45, 2.75) is 0 Å². The maximum Gasteiger partial charge on any atom is 0.131 e. The van der Waals surface area contributed by atoms with Crippen molar-refractivity contribution in [3.05, 3.63) is 78.7 Å². The molecule has 0 bridgehead atoms. The van der Waals surface area contributed by atoms with E-state index >= 15 is 0 Å². The maximum absolute atomic E-state index is 14.2. The van der Waals surface area contributed by atoms with Gasteiger partial charge in [-0.05, 0) is 23.8 Å². The van der Waals surface area contributed by atoms with Gasteiger partial charge in [0.1, 0.15) is 5.82 Å². The molecule has 0 atom stereocenters. The zero-order chi connectivity index (χ0) is 13.1. The van der Waals surface area contributed by atoms with Crippen molar-refractivity contribution in [3.8, 4) is 22.4 Å². The number of nitrogens with zero attached hydrogens (tertiary/aromatic N) is 1. The molecule has 0 spiro atoms. The lowest BCUT2D eigenvalue weighted by Gasteiger charge is -2.06. The Labute approximate surface area is 111 Å². The first-order valence-corrected chi connectivity index (χ1v) is 6.11. The maximum atomic E-state index is 14.2. The van der Waals surface area contributed by atoms with E-state index in [0.717, 1.165) is 16.8 Å². The van der Waals surface area contributed by atoms with Gasteiger partial charge in [0.15, 0.2) is 0 Å². The monoisotopic (exact) mass is 249 g/mol. The van der Waals surface area contributed by atoms with Gasteiger partial charge in [-0.1, -0.05) is 48.5 Å². The molecule has 2 heteroatoms. The Morgan fingerprint density at radius 1 is 0.737 bits per heavy atom. The second kappa shape index (κ2) is 5.02. The number of pyridine rings is 1. The summed E-state index contributed by atoms with van der Waals surface area (Å²) < 4.78 is 14.2. The highest BCUT2D eigenvalue weighted by Crippen LogP contribution is 2.26. The minimum Gasteiger partial charge on any atom is -0.256 e. The second-order valence-electron chi connectivity index (χ2n) is 4.28. The van der Waals surface area contributed by atoms with Crippen LogP contribution < -0.4 is 0 Å². The number of rotatable bonds is 2. The molecule has 0 N–H and O–H groups in total. The van der Waals surface area contributed by atoms with Gasteiger partial charge < -0.3 is 0 Å².